The standard InChI is InChI=1S/C14H10BrClFNO3/c15-12-3-1-2-9(7-16)14(12)21-8-10-6-11(17)4-5-13(10)18(19)20/h1-6H,7-8H2. The fourth-order valence-corrected chi connectivity index (χ4v) is 2.55. The quantitative estimate of drug-likeness (QED) is 0.428. The Morgan fingerprint density at radius 1 is 1.29 bits per heavy atom. The van der Waals surface area contributed by atoms with E-state index in [0.29, 0.717) is 10.2 Å². The predicted molar refractivity (Wildman–Crippen MR) is 81.1 cm³/mol. The Kier molecular flexibility index (Phi) is 5.14. The van der Waals surface area contributed by atoms with Crippen LogP contribution in [0.25, 0.3) is 0 Å². The minimum Gasteiger partial charge on any atom is -0.487 e. The Morgan fingerprint density at radius 3 is 2.71 bits per heavy atom. The number of nitro groups is 1. The van der Waals surface area contributed by atoms with E-state index in [1.165, 1.54) is 0 Å². The Morgan fingerprint density at radius 2 is 2.05 bits per heavy atom. The highest BCUT2D eigenvalue weighted by atomic mass is 79.9. The summed E-state index contributed by atoms with van der Waals surface area (Å²) >= 11 is 9.16. The molecule has 0 aliphatic heterocycles. The van der Waals surface area contributed by atoms with E-state index >= 15 is 0 Å². The minimum atomic E-state index is -0.569. The SMILES string of the molecule is O=[N+]([O-])c1ccc(F)cc1COc1c(Br)cccc1CCl. The van der Waals surface area contributed by atoms with E-state index < -0.39 is 10.7 Å². The molecule has 0 aliphatic rings. The van der Waals surface area contributed by atoms with Crippen molar-refractivity contribution in [1.82, 2.24) is 0 Å². The van der Waals surface area contributed by atoms with Crippen molar-refractivity contribution >= 4 is 33.2 Å². The smallest absolute Gasteiger partial charge is 0.276 e. The lowest BCUT2D eigenvalue weighted by Crippen LogP contribution is -2.03. The van der Waals surface area contributed by atoms with Crippen molar-refractivity contribution in [3.05, 3.63) is 67.9 Å². The molecule has 0 atom stereocenters. The average Bonchev–Trinajstić information content (AvgIpc) is 2.45. The van der Waals surface area contributed by atoms with Gasteiger partial charge in [0.1, 0.15) is 18.2 Å². The van der Waals surface area contributed by atoms with Crippen molar-refractivity contribution in [2.45, 2.75) is 12.5 Å². The van der Waals surface area contributed by atoms with Gasteiger partial charge >= 0.3 is 0 Å². The monoisotopic (exact) mass is 373 g/mol. The van der Waals surface area contributed by atoms with Crippen molar-refractivity contribution in [3.63, 3.8) is 0 Å². The zero-order valence-corrected chi connectivity index (χ0v) is 13.0. The van der Waals surface area contributed by atoms with Crippen LogP contribution < -0.4 is 4.74 Å². The summed E-state index contributed by atoms with van der Waals surface area (Å²) in [5.74, 6) is 0.176. The molecule has 0 unspecified atom stereocenters. The fourth-order valence-electron chi connectivity index (χ4n) is 1.82. The molecule has 0 bridgehead atoms. The van der Waals surface area contributed by atoms with Gasteiger partial charge < -0.3 is 4.74 Å². The van der Waals surface area contributed by atoms with E-state index in [0.717, 1.165) is 23.8 Å². The number of nitrogens with zero attached hydrogens (tertiary/aromatic N) is 1. The highest BCUT2D eigenvalue weighted by molar-refractivity contribution is 9.10. The van der Waals surface area contributed by atoms with Crippen LogP contribution in [0.4, 0.5) is 10.1 Å². The second kappa shape index (κ2) is 6.87. The van der Waals surface area contributed by atoms with Crippen molar-refractivity contribution in [2.75, 3.05) is 0 Å². The third-order valence-corrected chi connectivity index (χ3v) is 3.72. The fraction of sp³-hybridized carbons (Fsp3) is 0.143. The molecule has 4 nitrogen and oxygen atoms in total. The number of halogens is 3. The van der Waals surface area contributed by atoms with Gasteiger partial charge in [-0.25, -0.2) is 4.39 Å². The van der Waals surface area contributed by atoms with E-state index in [9.17, 15) is 14.5 Å². The third kappa shape index (κ3) is 3.71. The van der Waals surface area contributed by atoms with E-state index in [1.54, 1.807) is 18.2 Å². The van der Waals surface area contributed by atoms with E-state index in [4.69, 9.17) is 16.3 Å². The maximum Gasteiger partial charge on any atom is 0.276 e. The molecule has 0 fully saturated rings. The first-order valence-corrected chi connectivity index (χ1v) is 7.24. The molecular formula is C14H10BrClFNO3. The predicted octanol–water partition coefficient (Wildman–Crippen LogP) is 4.81. The van der Waals surface area contributed by atoms with E-state index in [2.05, 4.69) is 15.9 Å². The molecule has 110 valence electrons. The zero-order valence-electron chi connectivity index (χ0n) is 10.7. The Bertz CT molecular complexity index is 681. The van der Waals surface area contributed by atoms with Gasteiger partial charge in [0.25, 0.3) is 5.69 Å². The number of rotatable bonds is 5. The van der Waals surface area contributed by atoms with Gasteiger partial charge in [-0.15, -0.1) is 11.6 Å². The van der Waals surface area contributed by atoms with Gasteiger partial charge in [0, 0.05) is 11.6 Å². The summed E-state index contributed by atoms with van der Waals surface area (Å²) in [6, 6.07) is 8.62. The maximum absolute atomic E-state index is 13.3. The van der Waals surface area contributed by atoms with Gasteiger partial charge in [-0.1, -0.05) is 12.1 Å². The first kappa shape index (κ1) is 15.7. The highest BCUT2D eigenvalue weighted by Crippen LogP contribution is 2.31. The number of benzene rings is 2. The summed E-state index contributed by atoms with van der Waals surface area (Å²) in [5, 5.41) is 10.9. The summed E-state index contributed by atoms with van der Waals surface area (Å²) < 4.78 is 19.5. The highest BCUT2D eigenvalue weighted by Gasteiger charge is 2.16. The molecule has 0 aliphatic carbocycles. The van der Waals surface area contributed by atoms with Gasteiger partial charge in [0.2, 0.25) is 0 Å². The lowest BCUT2D eigenvalue weighted by molar-refractivity contribution is -0.385. The number of hydrogen-bond acceptors (Lipinski definition) is 3. The zero-order chi connectivity index (χ0) is 15.4. The van der Waals surface area contributed by atoms with E-state index in [-0.39, 0.29) is 23.7 Å². The summed E-state index contributed by atoms with van der Waals surface area (Å²) in [5.41, 5.74) is 0.720. The lowest BCUT2D eigenvalue weighted by Gasteiger charge is -2.12. The molecule has 0 radical (unpaired) electrons. The molecule has 2 aromatic rings. The van der Waals surface area contributed by atoms with Crippen LogP contribution in [-0.2, 0) is 12.5 Å². The van der Waals surface area contributed by atoms with Gasteiger partial charge in [-0.05, 0) is 34.1 Å². The molecule has 2 rings (SSSR count). The van der Waals surface area contributed by atoms with Gasteiger partial charge in [-0.3, -0.25) is 10.1 Å². The van der Waals surface area contributed by atoms with Crippen LogP contribution in [-0.4, -0.2) is 4.92 Å². The summed E-state index contributed by atoms with van der Waals surface area (Å²) in [6.07, 6.45) is 0. The third-order valence-electron chi connectivity index (χ3n) is 2.80. The number of alkyl halides is 1. The van der Waals surface area contributed by atoms with Gasteiger partial charge in [0.05, 0.1) is 20.8 Å². The largest absolute Gasteiger partial charge is 0.487 e. The average molecular weight is 375 g/mol. The van der Waals surface area contributed by atoms with Crippen molar-refractivity contribution in [1.29, 1.82) is 0 Å². The topological polar surface area (TPSA) is 52.4 Å². The first-order valence-electron chi connectivity index (χ1n) is 5.92. The summed E-state index contributed by atoms with van der Waals surface area (Å²) in [4.78, 5) is 10.4. The van der Waals surface area contributed by atoms with Gasteiger partial charge in [-0.2, -0.15) is 0 Å². The lowest BCUT2D eigenvalue weighted by atomic mass is 10.2. The second-order valence-electron chi connectivity index (χ2n) is 4.18. The second-order valence-corrected chi connectivity index (χ2v) is 5.30. The van der Waals surface area contributed by atoms with E-state index in [1.807, 2.05) is 0 Å². The molecular weight excluding hydrogens is 365 g/mol. The van der Waals surface area contributed by atoms with Crippen LogP contribution >= 0.6 is 27.5 Å². The van der Waals surface area contributed by atoms with Gasteiger partial charge in [0.15, 0.2) is 0 Å². The normalized spacial score (nSPS) is 10.4. The number of hydrogen-bond donors (Lipinski definition) is 0. The Balaban J connectivity index is 2.28. The molecule has 0 spiro atoms. The molecule has 7 heteroatoms. The number of ether oxygens (including phenoxy) is 1. The Labute approximate surface area is 133 Å². The van der Waals surface area contributed by atoms with Crippen molar-refractivity contribution in [2.24, 2.45) is 0 Å². The summed E-state index contributed by atoms with van der Waals surface area (Å²) in [7, 11) is 0. The summed E-state index contributed by atoms with van der Waals surface area (Å²) in [6.45, 7) is -0.124. The van der Waals surface area contributed by atoms with Crippen molar-refractivity contribution in [3.8, 4) is 5.75 Å². The van der Waals surface area contributed by atoms with Crippen LogP contribution in [0.15, 0.2) is 40.9 Å². The van der Waals surface area contributed by atoms with Crippen LogP contribution in [0.1, 0.15) is 11.1 Å². The maximum atomic E-state index is 13.3. The number of nitro benzene ring substituents is 1. The minimum absolute atomic E-state index is 0.124. The molecule has 0 saturated carbocycles. The van der Waals surface area contributed by atoms with Crippen LogP contribution in [0.3, 0.4) is 0 Å². The molecule has 0 N–H and O–H groups in total. The molecule has 0 saturated heterocycles. The molecule has 0 amide bonds. The molecule has 21 heavy (non-hydrogen) atoms. The number of para-hydroxylation sites is 1. The van der Waals surface area contributed by atoms with Crippen LogP contribution in [0, 0.1) is 15.9 Å². The van der Waals surface area contributed by atoms with Crippen LogP contribution in [0.5, 0.6) is 5.75 Å². The molecule has 0 heterocycles. The first-order chi connectivity index (χ1) is 10.0. The van der Waals surface area contributed by atoms with Crippen molar-refractivity contribution < 1.29 is 14.1 Å². The van der Waals surface area contributed by atoms with Crippen LogP contribution in [0.2, 0.25) is 0 Å². The Hall–Kier alpha value is -1.66. The molecule has 2 aromatic carbocycles. The molecule has 0 aromatic heterocycles.